The van der Waals surface area contributed by atoms with Gasteiger partial charge >= 0.3 is 6.03 Å². The van der Waals surface area contributed by atoms with Crippen molar-refractivity contribution in [3.8, 4) is 5.75 Å². The molecule has 0 bridgehead atoms. The number of fused-ring (bicyclic) bond motifs is 1. The molecule has 1 aromatic heterocycles. The van der Waals surface area contributed by atoms with E-state index < -0.39 is 0 Å². The Hall–Kier alpha value is -3.61. The fraction of sp³-hybridized carbons (Fsp3) is 0.227. The molecule has 4 rings (SSSR count). The Morgan fingerprint density at radius 3 is 2.76 bits per heavy atom. The number of anilines is 2. The van der Waals surface area contributed by atoms with Crippen LogP contribution in [0.2, 0.25) is 0 Å². The number of ether oxygens (including phenoxy) is 1. The smallest absolute Gasteiger partial charge is 0.325 e. The molecule has 2 heterocycles. The minimum absolute atomic E-state index is 0.0113. The lowest BCUT2D eigenvalue weighted by molar-refractivity contribution is -0.116. The molecule has 7 nitrogen and oxygen atoms in total. The van der Waals surface area contributed by atoms with Gasteiger partial charge in [0.15, 0.2) is 0 Å². The first-order valence-corrected chi connectivity index (χ1v) is 9.58. The van der Waals surface area contributed by atoms with E-state index in [0.717, 1.165) is 22.3 Å². The van der Waals surface area contributed by atoms with Crippen LogP contribution in [0, 0.1) is 0 Å². The van der Waals surface area contributed by atoms with Crippen LogP contribution in [0.5, 0.6) is 5.75 Å². The summed E-state index contributed by atoms with van der Waals surface area (Å²) in [7, 11) is 0. The number of hydrogen-bond acceptors (Lipinski definition) is 4. The van der Waals surface area contributed by atoms with E-state index in [-0.39, 0.29) is 18.5 Å². The minimum Gasteiger partial charge on any atom is -0.494 e. The molecule has 0 unspecified atom stereocenters. The van der Waals surface area contributed by atoms with Crippen LogP contribution in [-0.4, -0.2) is 48.1 Å². The van der Waals surface area contributed by atoms with E-state index in [9.17, 15) is 9.59 Å². The van der Waals surface area contributed by atoms with Crippen molar-refractivity contribution in [2.45, 2.75) is 6.92 Å². The highest BCUT2D eigenvalue weighted by atomic mass is 16.5. The third-order valence-electron chi connectivity index (χ3n) is 4.78. The van der Waals surface area contributed by atoms with Gasteiger partial charge in [-0.05, 0) is 55.5 Å². The number of rotatable bonds is 6. The molecule has 1 aliphatic rings. The number of urea groups is 1. The summed E-state index contributed by atoms with van der Waals surface area (Å²) < 4.78 is 5.44. The van der Waals surface area contributed by atoms with Gasteiger partial charge in [-0.1, -0.05) is 6.07 Å². The zero-order valence-corrected chi connectivity index (χ0v) is 16.2. The lowest BCUT2D eigenvalue weighted by atomic mass is 10.2. The van der Waals surface area contributed by atoms with Crippen LogP contribution >= 0.6 is 0 Å². The Morgan fingerprint density at radius 2 is 1.97 bits per heavy atom. The quantitative estimate of drug-likeness (QED) is 0.699. The molecule has 1 N–H and O–H groups in total. The Bertz CT molecular complexity index is 1040. The van der Waals surface area contributed by atoms with Crippen LogP contribution < -0.4 is 15.0 Å². The lowest BCUT2D eigenvalue weighted by Crippen LogP contribution is -2.37. The van der Waals surface area contributed by atoms with Gasteiger partial charge in [0, 0.05) is 36.0 Å². The van der Waals surface area contributed by atoms with Gasteiger partial charge in [-0.25, -0.2) is 4.79 Å². The molecular formula is C22H22N4O3. The van der Waals surface area contributed by atoms with E-state index >= 15 is 0 Å². The SMILES string of the molecule is CCOc1ccc(N2CCN(CC(=O)Nc3ccc4ncccc4c3)C2=O)cc1. The topological polar surface area (TPSA) is 74.8 Å². The zero-order valence-electron chi connectivity index (χ0n) is 16.2. The summed E-state index contributed by atoms with van der Waals surface area (Å²) in [6, 6.07) is 16.6. The molecule has 2 aromatic carbocycles. The second-order valence-corrected chi connectivity index (χ2v) is 6.74. The number of nitrogens with zero attached hydrogens (tertiary/aromatic N) is 3. The van der Waals surface area contributed by atoms with Gasteiger partial charge in [-0.3, -0.25) is 14.7 Å². The van der Waals surface area contributed by atoms with Crippen molar-refractivity contribution in [3.63, 3.8) is 0 Å². The fourth-order valence-electron chi connectivity index (χ4n) is 3.39. The molecule has 1 fully saturated rings. The van der Waals surface area contributed by atoms with Crippen molar-refractivity contribution in [1.82, 2.24) is 9.88 Å². The van der Waals surface area contributed by atoms with E-state index in [0.29, 0.717) is 25.4 Å². The van der Waals surface area contributed by atoms with Crippen molar-refractivity contribution in [2.24, 2.45) is 0 Å². The van der Waals surface area contributed by atoms with E-state index in [2.05, 4.69) is 10.3 Å². The third kappa shape index (κ3) is 4.13. The van der Waals surface area contributed by atoms with Gasteiger partial charge in [0.1, 0.15) is 12.3 Å². The monoisotopic (exact) mass is 390 g/mol. The highest BCUT2D eigenvalue weighted by Gasteiger charge is 2.30. The number of nitrogens with one attached hydrogen (secondary N) is 1. The average Bonchev–Trinajstić information content (AvgIpc) is 3.09. The van der Waals surface area contributed by atoms with Crippen molar-refractivity contribution in [2.75, 3.05) is 36.5 Å². The molecule has 1 aliphatic heterocycles. The first kappa shape index (κ1) is 18.7. The Morgan fingerprint density at radius 1 is 1.14 bits per heavy atom. The van der Waals surface area contributed by atoms with Gasteiger partial charge in [0.25, 0.3) is 0 Å². The van der Waals surface area contributed by atoms with Gasteiger partial charge < -0.3 is 15.0 Å². The molecule has 148 valence electrons. The van der Waals surface area contributed by atoms with Gasteiger partial charge in [0.2, 0.25) is 5.91 Å². The summed E-state index contributed by atoms with van der Waals surface area (Å²) in [5, 5.41) is 3.81. The molecule has 0 aliphatic carbocycles. The molecular weight excluding hydrogens is 368 g/mol. The van der Waals surface area contributed by atoms with Gasteiger partial charge in [-0.15, -0.1) is 0 Å². The number of carbonyl (C=O) groups excluding carboxylic acids is 2. The summed E-state index contributed by atoms with van der Waals surface area (Å²) >= 11 is 0. The highest BCUT2D eigenvalue weighted by molar-refractivity contribution is 6.00. The summed E-state index contributed by atoms with van der Waals surface area (Å²) in [5.74, 6) is 0.542. The van der Waals surface area contributed by atoms with Crippen LogP contribution in [0.25, 0.3) is 10.9 Å². The lowest BCUT2D eigenvalue weighted by Gasteiger charge is -2.19. The zero-order chi connectivity index (χ0) is 20.2. The molecule has 3 aromatic rings. The van der Waals surface area contributed by atoms with Crippen LogP contribution in [0.1, 0.15) is 6.92 Å². The first-order chi connectivity index (χ1) is 14.1. The van der Waals surface area contributed by atoms with E-state index in [1.807, 2.05) is 61.5 Å². The van der Waals surface area contributed by atoms with E-state index in [1.54, 1.807) is 16.0 Å². The summed E-state index contributed by atoms with van der Waals surface area (Å²) in [5.41, 5.74) is 2.35. The number of hydrogen-bond donors (Lipinski definition) is 1. The summed E-state index contributed by atoms with van der Waals surface area (Å²) in [6.07, 6.45) is 1.73. The predicted molar refractivity (Wildman–Crippen MR) is 112 cm³/mol. The second kappa shape index (κ2) is 8.18. The highest BCUT2D eigenvalue weighted by Crippen LogP contribution is 2.23. The van der Waals surface area contributed by atoms with Crippen molar-refractivity contribution < 1.29 is 14.3 Å². The average molecular weight is 390 g/mol. The molecule has 0 spiro atoms. The van der Waals surface area contributed by atoms with Crippen molar-refractivity contribution in [3.05, 3.63) is 60.8 Å². The Balaban J connectivity index is 1.37. The molecule has 0 saturated carbocycles. The third-order valence-corrected chi connectivity index (χ3v) is 4.78. The van der Waals surface area contributed by atoms with Crippen molar-refractivity contribution in [1.29, 1.82) is 0 Å². The number of carbonyl (C=O) groups is 2. The van der Waals surface area contributed by atoms with Crippen molar-refractivity contribution >= 4 is 34.2 Å². The second-order valence-electron chi connectivity index (χ2n) is 6.74. The largest absolute Gasteiger partial charge is 0.494 e. The summed E-state index contributed by atoms with van der Waals surface area (Å²) in [4.78, 5) is 32.7. The van der Waals surface area contributed by atoms with Crippen LogP contribution in [0.15, 0.2) is 60.8 Å². The molecule has 29 heavy (non-hydrogen) atoms. The van der Waals surface area contributed by atoms with E-state index in [1.165, 1.54) is 0 Å². The summed E-state index contributed by atoms with van der Waals surface area (Å²) in [6.45, 7) is 3.58. The van der Waals surface area contributed by atoms with Crippen LogP contribution in [-0.2, 0) is 4.79 Å². The molecule has 0 atom stereocenters. The van der Waals surface area contributed by atoms with Crippen LogP contribution in [0.3, 0.4) is 0 Å². The molecule has 1 saturated heterocycles. The number of benzene rings is 2. The standard InChI is InChI=1S/C22H22N4O3/c1-2-29-19-8-6-18(7-9-19)26-13-12-25(22(26)28)15-21(27)24-17-5-10-20-16(14-17)4-3-11-23-20/h3-11,14H,2,12-13,15H2,1H3,(H,24,27). The first-order valence-electron chi connectivity index (χ1n) is 9.58. The van der Waals surface area contributed by atoms with Gasteiger partial charge in [-0.2, -0.15) is 0 Å². The minimum atomic E-state index is -0.227. The molecule has 0 radical (unpaired) electrons. The number of pyridine rings is 1. The predicted octanol–water partition coefficient (Wildman–Crippen LogP) is 3.51. The van der Waals surface area contributed by atoms with Crippen LogP contribution in [0.4, 0.5) is 16.2 Å². The van der Waals surface area contributed by atoms with Gasteiger partial charge in [0.05, 0.1) is 12.1 Å². The maximum atomic E-state index is 12.7. The fourth-order valence-corrected chi connectivity index (χ4v) is 3.39. The number of aromatic nitrogens is 1. The normalized spacial score (nSPS) is 13.8. The van der Waals surface area contributed by atoms with E-state index in [4.69, 9.17) is 4.74 Å². The Labute approximate surface area is 168 Å². The maximum Gasteiger partial charge on any atom is 0.325 e. The molecule has 3 amide bonds. The maximum absolute atomic E-state index is 12.7. The molecule has 7 heteroatoms. The number of amides is 3. The Kier molecular flexibility index (Phi) is 5.29.